The molecule has 0 aliphatic carbocycles. The summed E-state index contributed by atoms with van der Waals surface area (Å²) in [5, 5.41) is 3.34. The number of hydrogen-bond acceptors (Lipinski definition) is 3. The van der Waals surface area contributed by atoms with E-state index in [1.54, 1.807) is 24.3 Å². The van der Waals surface area contributed by atoms with Gasteiger partial charge in [-0.25, -0.2) is 0 Å². The van der Waals surface area contributed by atoms with E-state index >= 15 is 0 Å². The number of anilines is 2. The lowest BCUT2D eigenvalue weighted by molar-refractivity contribution is -0.137. The zero-order valence-corrected chi connectivity index (χ0v) is 19.5. The molecular weight excluding hydrogens is 398 g/mol. The predicted molar refractivity (Wildman–Crippen MR) is 125 cm³/mol. The highest BCUT2D eigenvalue weighted by Crippen LogP contribution is 2.27. The molecule has 5 nitrogen and oxygen atoms in total. The molecule has 0 heterocycles. The van der Waals surface area contributed by atoms with Gasteiger partial charge in [0.2, 0.25) is 5.91 Å². The van der Waals surface area contributed by atoms with Gasteiger partial charge in [-0.15, -0.1) is 0 Å². The molecule has 30 heavy (non-hydrogen) atoms. The Morgan fingerprint density at radius 1 is 1.07 bits per heavy atom. The molecule has 6 heteroatoms. The van der Waals surface area contributed by atoms with E-state index in [9.17, 15) is 9.59 Å². The Morgan fingerprint density at radius 3 is 2.30 bits per heavy atom. The number of hydrogen-bond donors (Lipinski definition) is 1. The third-order valence-corrected chi connectivity index (χ3v) is 5.51. The second-order valence-electron chi connectivity index (χ2n) is 8.05. The molecule has 0 bridgehead atoms. The van der Waals surface area contributed by atoms with Gasteiger partial charge < -0.3 is 15.1 Å². The van der Waals surface area contributed by atoms with Crippen molar-refractivity contribution in [3.63, 3.8) is 0 Å². The summed E-state index contributed by atoms with van der Waals surface area (Å²) in [6, 6.07) is 12.8. The summed E-state index contributed by atoms with van der Waals surface area (Å²) in [6.07, 6.45) is 0.874. The second-order valence-corrected chi connectivity index (χ2v) is 8.46. The average molecular weight is 430 g/mol. The highest BCUT2D eigenvalue weighted by atomic mass is 35.5. The van der Waals surface area contributed by atoms with E-state index in [-0.39, 0.29) is 23.8 Å². The molecule has 2 rings (SSSR count). The first kappa shape index (κ1) is 23.7. The first-order chi connectivity index (χ1) is 14.1. The number of nitrogens with zero attached hydrogens (tertiary/aromatic N) is 2. The quantitative estimate of drug-likeness (QED) is 0.607. The summed E-state index contributed by atoms with van der Waals surface area (Å²) in [6.45, 7) is 8.47. The summed E-state index contributed by atoms with van der Waals surface area (Å²) in [7, 11) is 3.94. The zero-order chi connectivity index (χ0) is 22.4. The minimum atomic E-state index is -0.263. The van der Waals surface area contributed by atoms with Gasteiger partial charge >= 0.3 is 0 Å². The van der Waals surface area contributed by atoms with E-state index in [4.69, 9.17) is 11.6 Å². The van der Waals surface area contributed by atoms with E-state index in [2.05, 4.69) is 19.2 Å². The van der Waals surface area contributed by atoms with Crippen LogP contribution in [-0.2, 0) is 11.3 Å². The highest BCUT2D eigenvalue weighted by molar-refractivity contribution is 6.34. The van der Waals surface area contributed by atoms with Crippen molar-refractivity contribution in [1.82, 2.24) is 4.90 Å². The van der Waals surface area contributed by atoms with Crippen LogP contribution in [0.3, 0.4) is 0 Å². The van der Waals surface area contributed by atoms with Crippen LogP contribution in [0.4, 0.5) is 11.4 Å². The number of rotatable bonds is 8. The Morgan fingerprint density at radius 2 is 1.73 bits per heavy atom. The van der Waals surface area contributed by atoms with E-state index < -0.39 is 0 Å². The van der Waals surface area contributed by atoms with Crippen LogP contribution in [0.5, 0.6) is 0 Å². The number of nitrogens with one attached hydrogen (secondary N) is 1. The summed E-state index contributed by atoms with van der Waals surface area (Å²) in [4.78, 5) is 29.5. The molecule has 162 valence electrons. The minimum absolute atomic E-state index is 0.0788. The van der Waals surface area contributed by atoms with E-state index in [0.29, 0.717) is 22.8 Å². The third kappa shape index (κ3) is 5.76. The van der Waals surface area contributed by atoms with Crippen molar-refractivity contribution >= 4 is 34.8 Å². The molecule has 0 spiro atoms. The first-order valence-electron chi connectivity index (χ1n) is 10.3. The van der Waals surface area contributed by atoms with Crippen molar-refractivity contribution in [2.75, 3.05) is 24.3 Å². The molecule has 0 aliphatic heterocycles. The maximum atomic E-state index is 12.8. The topological polar surface area (TPSA) is 52.7 Å². The number of halogens is 1. The molecule has 0 saturated carbocycles. The number of carbonyl (C=O) groups is 2. The van der Waals surface area contributed by atoms with Crippen molar-refractivity contribution in [3.8, 4) is 0 Å². The lowest BCUT2D eigenvalue weighted by Crippen LogP contribution is -2.40. The van der Waals surface area contributed by atoms with Crippen LogP contribution in [0.1, 0.15) is 50.0 Å². The van der Waals surface area contributed by atoms with Crippen molar-refractivity contribution in [2.45, 2.75) is 46.7 Å². The molecule has 2 amide bonds. The molecule has 2 aromatic carbocycles. The van der Waals surface area contributed by atoms with Gasteiger partial charge in [0, 0.05) is 44.0 Å². The molecule has 0 aliphatic rings. The molecule has 0 saturated heterocycles. The maximum absolute atomic E-state index is 12.8. The van der Waals surface area contributed by atoms with Crippen LogP contribution in [-0.4, -0.2) is 36.9 Å². The van der Waals surface area contributed by atoms with Crippen LogP contribution in [0.15, 0.2) is 42.5 Å². The Balaban J connectivity index is 2.37. The fourth-order valence-electron chi connectivity index (χ4n) is 3.26. The SMILES string of the molecule is CCC(C)N(Cc1cc(NC(=O)c2ccccc2Cl)ccc1N(C)C)C(=O)C(C)C. The zero-order valence-electron chi connectivity index (χ0n) is 18.7. The Hall–Kier alpha value is -2.53. The number of carbonyl (C=O) groups excluding carboxylic acids is 2. The average Bonchev–Trinajstić information content (AvgIpc) is 2.71. The van der Waals surface area contributed by atoms with Gasteiger partial charge in [0.25, 0.3) is 5.91 Å². The fourth-order valence-corrected chi connectivity index (χ4v) is 3.48. The van der Waals surface area contributed by atoms with Gasteiger partial charge in [-0.3, -0.25) is 9.59 Å². The Kier molecular flexibility index (Phi) is 8.30. The molecule has 0 radical (unpaired) electrons. The second kappa shape index (κ2) is 10.5. The lowest BCUT2D eigenvalue weighted by Gasteiger charge is -2.32. The number of amides is 2. The maximum Gasteiger partial charge on any atom is 0.257 e. The van der Waals surface area contributed by atoms with Crippen molar-refractivity contribution in [1.29, 1.82) is 0 Å². The monoisotopic (exact) mass is 429 g/mol. The molecule has 0 aromatic heterocycles. The van der Waals surface area contributed by atoms with E-state index in [0.717, 1.165) is 17.7 Å². The summed E-state index contributed by atoms with van der Waals surface area (Å²) in [5.41, 5.74) is 3.08. The Bertz CT molecular complexity index is 896. The van der Waals surface area contributed by atoms with Gasteiger partial charge in [-0.1, -0.05) is 44.5 Å². The van der Waals surface area contributed by atoms with Gasteiger partial charge in [0.05, 0.1) is 10.6 Å². The highest BCUT2D eigenvalue weighted by Gasteiger charge is 2.23. The van der Waals surface area contributed by atoms with Gasteiger partial charge in [-0.05, 0) is 49.2 Å². The van der Waals surface area contributed by atoms with Crippen LogP contribution >= 0.6 is 11.6 Å². The van der Waals surface area contributed by atoms with Crippen molar-refractivity contribution in [2.24, 2.45) is 5.92 Å². The smallest absolute Gasteiger partial charge is 0.257 e. The fraction of sp³-hybridized carbons (Fsp3) is 0.417. The summed E-state index contributed by atoms with van der Waals surface area (Å²) < 4.78 is 0. The molecule has 0 fully saturated rings. The van der Waals surface area contributed by atoms with Gasteiger partial charge in [-0.2, -0.15) is 0 Å². The number of benzene rings is 2. The van der Waals surface area contributed by atoms with E-state index in [1.165, 1.54) is 0 Å². The molecule has 1 atom stereocenters. The standard InChI is InChI=1S/C24H32ClN3O2/c1-7-17(4)28(24(30)16(2)3)15-18-14-19(12-13-22(18)27(5)6)26-23(29)20-10-8-9-11-21(20)25/h8-14,16-17H,7,15H2,1-6H3,(H,26,29). The molecular formula is C24H32ClN3O2. The predicted octanol–water partition coefficient (Wildman–Crippen LogP) is 5.44. The van der Waals surface area contributed by atoms with Crippen LogP contribution < -0.4 is 10.2 Å². The molecule has 1 N–H and O–H groups in total. The van der Waals surface area contributed by atoms with Gasteiger partial charge in [0.15, 0.2) is 0 Å². The normalized spacial score (nSPS) is 11.9. The van der Waals surface area contributed by atoms with Crippen LogP contribution in [0, 0.1) is 5.92 Å². The van der Waals surface area contributed by atoms with E-state index in [1.807, 2.05) is 55.9 Å². The summed E-state index contributed by atoms with van der Waals surface area (Å²) >= 11 is 6.16. The minimum Gasteiger partial charge on any atom is -0.377 e. The third-order valence-electron chi connectivity index (χ3n) is 5.18. The van der Waals surface area contributed by atoms with Crippen LogP contribution in [0.25, 0.3) is 0 Å². The van der Waals surface area contributed by atoms with Crippen LogP contribution in [0.2, 0.25) is 5.02 Å². The lowest BCUT2D eigenvalue weighted by atomic mass is 10.1. The van der Waals surface area contributed by atoms with Gasteiger partial charge in [0.1, 0.15) is 0 Å². The molecule has 2 aromatic rings. The molecule has 1 unspecified atom stereocenters. The largest absolute Gasteiger partial charge is 0.377 e. The summed E-state index contributed by atoms with van der Waals surface area (Å²) in [5.74, 6) is -0.217. The van der Waals surface area contributed by atoms with Crippen molar-refractivity contribution in [3.05, 3.63) is 58.6 Å². The van der Waals surface area contributed by atoms with Crippen molar-refractivity contribution < 1.29 is 9.59 Å². The first-order valence-corrected chi connectivity index (χ1v) is 10.7. The Labute approximate surface area is 185 Å².